The number of ether oxygens (including phenoxy) is 1. The summed E-state index contributed by atoms with van der Waals surface area (Å²) < 4.78 is 6.55. The van der Waals surface area contributed by atoms with Gasteiger partial charge in [0.1, 0.15) is 17.9 Å². The molecule has 1 aliphatic heterocycles. The van der Waals surface area contributed by atoms with E-state index in [9.17, 15) is 4.79 Å². The van der Waals surface area contributed by atoms with Crippen molar-refractivity contribution in [1.82, 2.24) is 10.2 Å². The highest BCUT2D eigenvalue weighted by Gasteiger charge is 2.26. The van der Waals surface area contributed by atoms with Crippen LogP contribution in [0, 0.1) is 5.92 Å². The van der Waals surface area contributed by atoms with E-state index in [0.717, 1.165) is 26.2 Å². The van der Waals surface area contributed by atoms with Gasteiger partial charge in [-0.25, -0.2) is 0 Å². The van der Waals surface area contributed by atoms with Crippen molar-refractivity contribution in [3.05, 3.63) is 58.6 Å². The molecule has 4 rings (SSSR count). The molecule has 26 heavy (non-hydrogen) atoms. The summed E-state index contributed by atoms with van der Waals surface area (Å²) in [5.74, 6) is 0.465. The van der Waals surface area contributed by atoms with E-state index >= 15 is 0 Å². The number of para-hydroxylation sites is 1. The number of carbonyl (C=O) groups excluding carboxylic acids is 1. The van der Waals surface area contributed by atoms with Gasteiger partial charge >= 0.3 is 0 Å². The molecule has 0 aliphatic carbocycles. The predicted octanol–water partition coefficient (Wildman–Crippen LogP) is 4.53. The number of aromatic nitrogens is 2. The second-order valence-corrected chi connectivity index (χ2v) is 8.31. The van der Waals surface area contributed by atoms with E-state index in [0.29, 0.717) is 18.1 Å². The first kappa shape index (κ1) is 17.3. The van der Waals surface area contributed by atoms with E-state index in [1.807, 2.05) is 36.4 Å². The summed E-state index contributed by atoms with van der Waals surface area (Å²) in [7, 11) is 0. The minimum atomic E-state index is -0.263. The first-order valence-corrected chi connectivity index (χ1v) is 10.0. The molecule has 0 saturated carbocycles. The Morgan fingerprint density at radius 3 is 3.04 bits per heavy atom. The molecule has 132 valence electrons. The van der Waals surface area contributed by atoms with Crippen LogP contribution in [0.25, 0.3) is 0 Å². The summed E-state index contributed by atoms with van der Waals surface area (Å²) in [6.07, 6.45) is 0.605. The molecule has 0 fully saturated rings. The van der Waals surface area contributed by atoms with Crippen molar-refractivity contribution in [2.24, 2.45) is 5.92 Å². The van der Waals surface area contributed by atoms with E-state index in [1.54, 1.807) is 11.6 Å². The highest BCUT2D eigenvalue weighted by atomic mass is 35.5. The van der Waals surface area contributed by atoms with Gasteiger partial charge in [-0.3, -0.25) is 4.79 Å². The van der Waals surface area contributed by atoms with Crippen molar-refractivity contribution in [3.63, 3.8) is 0 Å². The monoisotopic (exact) mass is 403 g/mol. The van der Waals surface area contributed by atoms with Crippen molar-refractivity contribution in [2.45, 2.75) is 15.7 Å². The molecule has 1 unspecified atom stereocenters. The average molecular weight is 404 g/mol. The number of hydrogen-bond donors (Lipinski definition) is 1. The maximum Gasteiger partial charge on any atom is 0.231 e. The molecule has 0 spiro atoms. The number of benzene rings is 2. The maximum absolute atomic E-state index is 12.8. The van der Waals surface area contributed by atoms with Gasteiger partial charge in [-0.1, -0.05) is 46.8 Å². The molecule has 1 atom stereocenters. The molecular formula is C18H14ClN3O2S2. The van der Waals surface area contributed by atoms with Gasteiger partial charge in [0.2, 0.25) is 5.91 Å². The standard InChI is InChI=1S/C18H14ClN3O2S2/c19-13-5-6-15-11(8-13)7-12(9-24-15)17(23)21-14-3-1-2-4-16(14)26-18-22-20-10-25-18/h1-6,8,10,12H,7,9H2,(H,21,23). The molecule has 0 radical (unpaired) electrons. The van der Waals surface area contributed by atoms with Crippen LogP contribution in [-0.2, 0) is 11.2 Å². The number of carbonyl (C=O) groups is 1. The Hall–Kier alpha value is -2.09. The molecule has 5 nitrogen and oxygen atoms in total. The van der Waals surface area contributed by atoms with Gasteiger partial charge in [0.25, 0.3) is 0 Å². The van der Waals surface area contributed by atoms with Crippen molar-refractivity contribution in [3.8, 4) is 5.75 Å². The Morgan fingerprint density at radius 2 is 2.19 bits per heavy atom. The van der Waals surface area contributed by atoms with E-state index < -0.39 is 0 Å². The smallest absolute Gasteiger partial charge is 0.231 e. The Balaban J connectivity index is 1.49. The zero-order valence-electron chi connectivity index (χ0n) is 13.5. The second kappa shape index (κ2) is 7.65. The van der Waals surface area contributed by atoms with Gasteiger partial charge in [-0.05, 0) is 42.3 Å². The third-order valence-corrected chi connectivity index (χ3v) is 6.07. The Labute approximate surface area is 163 Å². The quantitative estimate of drug-likeness (QED) is 0.693. The molecule has 0 bridgehead atoms. The zero-order chi connectivity index (χ0) is 17.9. The lowest BCUT2D eigenvalue weighted by Gasteiger charge is -2.25. The molecule has 8 heteroatoms. The minimum Gasteiger partial charge on any atom is -0.492 e. The number of nitrogens with zero attached hydrogens (tertiary/aromatic N) is 2. The third kappa shape index (κ3) is 3.85. The van der Waals surface area contributed by atoms with Crippen molar-refractivity contribution in [2.75, 3.05) is 11.9 Å². The number of hydrogen-bond acceptors (Lipinski definition) is 6. The van der Waals surface area contributed by atoms with Crippen LogP contribution in [0.1, 0.15) is 5.56 Å². The number of amides is 1. The van der Waals surface area contributed by atoms with Gasteiger partial charge in [0, 0.05) is 9.92 Å². The zero-order valence-corrected chi connectivity index (χ0v) is 15.9. The first-order chi connectivity index (χ1) is 12.7. The fraction of sp³-hybridized carbons (Fsp3) is 0.167. The van der Waals surface area contributed by atoms with Crippen LogP contribution in [0.2, 0.25) is 5.02 Å². The van der Waals surface area contributed by atoms with Crippen LogP contribution in [-0.4, -0.2) is 22.7 Å². The number of halogens is 1. The van der Waals surface area contributed by atoms with Gasteiger partial charge in [-0.2, -0.15) is 0 Å². The third-order valence-electron chi connectivity index (χ3n) is 3.98. The normalized spacial score (nSPS) is 15.8. The molecule has 3 aromatic rings. The lowest BCUT2D eigenvalue weighted by Crippen LogP contribution is -2.32. The SMILES string of the molecule is O=C(Nc1ccccc1Sc1nncs1)C1COc2ccc(Cl)cc2C1. The molecule has 1 aromatic heterocycles. The van der Waals surface area contributed by atoms with Gasteiger partial charge in [-0.15, -0.1) is 10.2 Å². The van der Waals surface area contributed by atoms with Crippen LogP contribution in [0.15, 0.2) is 57.2 Å². The Kier molecular flexibility index (Phi) is 5.10. The highest BCUT2D eigenvalue weighted by Crippen LogP contribution is 2.35. The first-order valence-electron chi connectivity index (χ1n) is 7.94. The number of anilines is 1. The number of nitrogens with one attached hydrogen (secondary N) is 1. The fourth-order valence-electron chi connectivity index (χ4n) is 2.73. The number of rotatable bonds is 4. The minimum absolute atomic E-state index is 0.0686. The molecule has 1 aliphatic rings. The lowest BCUT2D eigenvalue weighted by molar-refractivity contribution is -0.121. The number of fused-ring (bicyclic) bond motifs is 1. The molecule has 1 amide bonds. The van der Waals surface area contributed by atoms with Crippen molar-refractivity contribution in [1.29, 1.82) is 0 Å². The molecule has 1 N–H and O–H groups in total. The van der Waals surface area contributed by atoms with Crippen molar-refractivity contribution >= 4 is 46.3 Å². The van der Waals surface area contributed by atoms with Crippen LogP contribution in [0.3, 0.4) is 0 Å². The second-order valence-electron chi connectivity index (χ2n) is 5.76. The highest BCUT2D eigenvalue weighted by molar-refractivity contribution is 8.01. The predicted molar refractivity (Wildman–Crippen MR) is 103 cm³/mol. The van der Waals surface area contributed by atoms with E-state index in [-0.39, 0.29) is 11.8 Å². The Bertz CT molecular complexity index is 934. The average Bonchev–Trinajstić information content (AvgIpc) is 3.15. The maximum atomic E-state index is 12.8. The summed E-state index contributed by atoms with van der Waals surface area (Å²) >= 11 is 9.00. The van der Waals surface area contributed by atoms with E-state index in [4.69, 9.17) is 16.3 Å². The topological polar surface area (TPSA) is 64.1 Å². The summed E-state index contributed by atoms with van der Waals surface area (Å²) in [5.41, 5.74) is 3.40. The van der Waals surface area contributed by atoms with Gasteiger partial charge < -0.3 is 10.1 Å². The fourth-order valence-corrected chi connectivity index (χ4v) is 4.44. The largest absolute Gasteiger partial charge is 0.492 e. The molecule has 2 aromatic carbocycles. The van der Waals surface area contributed by atoms with Crippen LogP contribution in [0.5, 0.6) is 5.75 Å². The van der Waals surface area contributed by atoms with Crippen LogP contribution in [0.4, 0.5) is 5.69 Å². The van der Waals surface area contributed by atoms with Gasteiger partial charge in [0.05, 0.1) is 11.6 Å². The van der Waals surface area contributed by atoms with E-state index in [2.05, 4.69) is 15.5 Å². The molecule has 2 heterocycles. The summed E-state index contributed by atoms with van der Waals surface area (Å²) in [4.78, 5) is 13.7. The summed E-state index contributed by atoms with van der Waals surface area (Å²) in [6.45, 7) is 0.353. The summed E-state index contributed by atoms with van der Waals surface area (Å²) in [6, 6.07) is 13.2. The van der Waals surface area contributed by atoms with Gasteiger partial charge in [0.15, 0.2) is 4.34 Å². The van der Waals surface area contributed by atoms with Crippen LogP contribution >= 0.6 is 34.7 Å². The molecule has 0 saturated heterocycles. The Morgan fingerprint density at radius 1 is 1.31 bits per heavy atom. The van der Waals surface area contributed by atoms with E-state index in [1.165, 1.54) is 23.1 Å². The molecular weight excluding hydrogens is 390 g/mol. The lowest BCUT2D eigenvalue weighted by atomic mass is 9.96. The van der Waals surface area contributed by atoms with Crippen LogP contribution < -0.4 is 10.1 Å². The summed E-state index contributed by atoms with van der Waals surface area (Å²) in [5, 5.41) is 11.6. The van der Waals surface area contributed by atoms with Crippen molar-refractivity contribution < 1.29 is 9.53 Å².